The number of carbonyl (C=O) groups excluding carboxylic acids is 1. The molecule has 27 heavy (non-hydrogen) atoms. The number of benzene rings is 1. The number of nitrogens with one attached hydrogen (secondary N) is 2. The number of thioether (sulfide) groups is 1. The van der Waals surface area contributed by atoms with Crippen LogP contribution in [0.2, 0.25) is 0 Å². The minimum absolute atomic E-state index is 0.00281. The first-order valence-corrected chi connectivity index (χ1v) is 11.8. The summed E-state index contributed by atoms with van der Waals surface area (Å²) in [4.78, 5) is 16.4. The molecule has 2 N–H and O–H groups in total. The lowest BCUT2D eigenvalue weighted by molar-refractivity contribution is -0.120. The number of aliphatic imine (C=N–C) groups is 1. The number of amidine groups is 1. The molecule has 1 saturated heterocycles. The van der Waals surface area contributed by atoms with E-state index in [0.717, 1.165) is 22.8 Å². The Kier molecular flexibility index (Phi) is 6.78. The maximum Gasteiger partial charge on any atom is 0.224 e. The third-order valence-electron chi connectivity index (χ3n) is 4.38. The third kappa shape index (κ3) is 5.95. The van der Waals surface area contributed by atoms with Crippen molar-refractivity contribution in [2.75, 3.05) is 36.6 Å². The van der Waals surface area contributed by atoms with Crippen molar-refractivity contribution in [1.29, 1.82) is 0 Å². The minimum Gasteiger partial charge on any atom is -0.382 e. The quantitative estimate of drug-likeness (QED) is 0.629. The van der Waals surface area contributed by atoms with Gasteiger partial charge in [-0.2, -0.15) is 0 Å². The normalized spacial score (nSPS) is 22.9. The summed E-state index contributed by atoms with van der Waals surface area (Å²) in [5, 5.41) is 6.92. The summed E-state index contributed by atoms with van der Waals surface area (Å²) in [6, 6.07) is 7.51. The lowest BCUT2D eigenvalue weighted by Crippen LogP contribution is -2.26. The lowest BCUT2D eigenvalue weighted by Gasteiger charge is -2.08. The van der Waals surface area contributed by atoms with E-state index in [9.17, 15) is 13.2 Å². The topological polar surface area (TPSA) is 96.9 Å². The Bertz CT molecular complexity index is 793. The molecular formula is C18H25N3O4S2. The maximum absolute atomic E-state index is 11.9. The predicted molar refractivity (Wildman–Crippen MR) is 109 cm³/mol. The fourth-order valence-corrected chi connectivity index (χ4v) is 6.72. The fraction of sp³-hybridized carbons (Fsp3) is 0.556. The van der Waals surface area contributed by atoms with E-state index in [2.05, 4.69) is 15.6 Å². The molecule has 1 amide bonds. The van der Waals surface area contributed by atoms with Crippen LogP contribution in [0.3, 0.4) is 0 Å². The van der Waals surface area contributed by atoms with Crippen LogP contribution in [-0.2, 0) is 25.8 Å². The first kappa shape index (κ1) is 20.2. The Morgan fingerprint density at radius 1 is 1.30 bits per heavy atom. The molecule has 0 unspecified atom stereocenters. The summed E-state index contributed by atoms with van der Waals surface area (Å²) < 4.78 is 28.4. The van der Waals surface area contributed by atoms with Gasteiger partial charge in [-0.3, -0.25) is 9.79 Å². The van der Waals surface area contributed by atoms with Crippen molar-refractivity contribution in [3.8, 4) is 0 Å². The van der Waals surface area contributed by atoms with Crippen LogP contribution in [-0.4, -0.2) is 62.0 Å². The van der Waals surface area contributed by atoms with E-state index in [1.54, 1.807) is 0 Å². The van der Waals surface area contributed by atoms with Gasteiger partial charge in [-0.05, 0) is 31.0 Å². The van der Waals surface area contributed by atoms with Crippen molar-refractivity contribution in [1.82, 2.24) is 5.32 Å². The predicted octanol–water partition coefficient (Wildman–Crippen LogP) is 1.45. The van der Waals surface area contributed by atoms with Crippen LogP contribution in [0.4, 0.5) is 5.69 Å². The van der Waals surface area contributed by atoms with Crippen molar-refractivity contribution < 1.29 is 17.9 Å². The van der Waals surface area contributed by atoms with E-state index in [0.29, 0.717) is 26.2 Å². The first-order chi connectivity index (χ1) is 12.9. The average Bonchev–Trinajstić information content (AvgIpc) is 3.09. The SMILES string of the molecule is CCOCCCNC(=O)Cc1ccc(NC2=N[C@H]3CS(=O)(=O)C[C@@H]3S2)cc1. The number of sulfone groups is 1. The maximum atomic E-state index is 11.9. The largest absolute Gasteiger partial charge is 0.382 e. The van der Waals surface area contributed by atoms with E-state index in [1.807, 2.05) is 31.2 Å². The second kappa shape index (κ2) is 9.07. The van der Waals surface area contributed by atoms with E-state index in [1.165, 1.54) is 11.8 Å². The van der Waals surface area contributed by atoms with Crippen molar-refractivity contribution in [2.24, 2.45) is 4.99 Å². The Labute approximate surface area is 164 Å². The van der Waals surface area contributed by atoms with Crippen molar-refractivity contribution in [3.05, 3.63) is 29.8 Å². The molecule has 0 aromatic heterocycles. The number of anilines is 1. The van der Waals surface area contributed by atoms with Gasteiger partial charge < -0.3 is 15.4 Å². The number of hydrogen-bond donors (Lipinski definition) is 2. The molecule has 7 nitrogen and oxygen atoms in total. The van der Waals surface area contributed by atoms with Crippen molar-refractivity contribution in [2.45, 2.75) is 31.1 Å². The Morgan fingerprint density at radius 3 is 2.78 bits per heavy atom. The number of hydrogen-bond acceptors (Lipinski definition) is 7. The lowest BCUT2D eigenvalue weighted by atomic mass is 10.1. The van der Waals surface area contributed by atoms with Crippen LogP contribution in [0.1, 0.15) is 18.9 Å². The highest BCUT2D eigenvalue weighted by Gasteiger charge is 2.42. The van der Waals surface area contributed by atoms with Gasteiger partial charge in [0.2, 0.25) is 5.91 Å². The molecule has 1 fully saturated rings. The molecule has 1 aromatic rings. The summed E-state index contributed by atoms with van der Waals surface area (Å²) in [6.07, 6.45) is 1.15. The Hall–Kier alpha value is -1.58. The van der Waals surface area contributed by atoms with Gasteiger partial charge >= 0.3 is 0 Å². The van der Waals surface area contributed by atoms with Gasteiger partial charge in [0.05, 0.1) is 24.0 Å². The molecule has 2 aliphatic heterocycles. The van der Waals surface area contributed by atoms with Crippen LogP contribution in [0.25, 0.3) is 0 Å². The first-order valence-electron chi connectivity index (χ1n) is 9.10. The summed E-state index contributed by atoms with van der Waals surface area (Å²) >= 11 is 1.49. The van der Waals surface area contributed by atoms with Gasteiger partial charge in [0.15, 0.2) is 15.0 Å². The van der Waals surface area contributed by atoms with E-state index < -0.39 is 9.84 Å². The highest BCUT2D eigenvalue weighted by atomic mass is 32.2. The van der Waals surface area contributed by atoms with Crippen molar-refractivity contribution in [3.63, 3.8) is 0 Å². The molecule has 2 heterocycles. The molecule has 3 rings (SSSR count). The number of amides is 1. The molecular weight excluding hydrogens is 386 g/mol. The van der Waals surface area contributed by atoms with Crippen LogP contribution in [0, 0.1) is 0 Å². The number of rotatable bonds is 8. The van der Waals surface area contributed by atoms with Crippen LogP contribution >= 0.6 is 11.8 Å². The third-order valence-corrected chi connectivity index (χ3v) is 7.52. The van der Waals surface area contributed by atoms with Gasteiger partial charge in [0.25, 0.3) is 0 Å². The highest BCUT2D eigenvalue weighted by Crippen LogP contribution is 2.34. The highest BCUT2D eigenvalue weighted by molar-refractivity contribution is 8.15. The molecule has 9 heteroatoms. The molecule has 148 valence electrons. The summed E-state index contributed by atoms with van der Waals surface area (Å²) in [5.74, 6) is 0.348. The zero-order valence-electron chi connectivity index (χ0n) is 15.3. The number of nitrogens with zero attached hydrogens (tertiary/aromatic N) is 1. The van der Waals surface area contributed by atoms with Gasteiger partial charge in [-0.25, -0.2) is 8.42 Å². The number of carbonyl (C=O) groups is 1. The molecule has 0 aliphatic carbocycles. The Morgan fingerprint density at radius 2 is 2.07 bits per heavy atom. The summed E-state index contributed by atoms with van der Waals surface area (Å²) in [7, 11) is -2.93. The molecule has 0 radical (unpaired) electrons. The van der Waals surface area contributed by atoms with Gasteiger partial charge in [0, 0.05) is 30.7 Å². The molecule has 0 saturated carbocycles. The van der Waals surface area contributed by atoms with Gasteiger partial charge in [-0.15, -0.1) is 0 Å². The van der Waals surface area contributed by atoms with Crippen LogP contribution in [0.15, 0.2) is 29.3 Å². The van der Waals surface area contributed by atoms with E-state index >= 15 is 0 Å². The number of ether oxygens (including phenoxy) is 1. The molecule has 0 spiro atoms. The molecule has 0 bridgehead atoms. The number of fused-ring (bicyclic) bond motifs is 1. The second-order valence-corrected chi connectivity index (χ2v) is 10.0. The van der Waals surface area contributed by atoms with Crippen LogP contribution in [0.5, 0.6) is 0 Å². The van der Waals surface area contributed by atoms with E-state index in [-0.39, 0.29) is 28.7 Å². The van der Waals surface area contributed by atoms with Gasteiger partial charge in [0.1, 0.15) is 0 Å². The van der Waals surface area contributed by atoms with E-state index in [4.69, 9.17) is 4.74 Å². The molecule has 1 aromatic carbocycles. The van der Waals surface area contributed by atoms with Crippen LogP contribution < -0.4 is 10.6 Å². The monoisotopic (exact) mass is 411 g/mol. The van der Waals surface area contributed by atoms with Gasteiger partial charge in [-0.1, -0.05) is 23.9 Å². The smallest absolute Gasteiger partial charge is 0.224 e. The zero-order chi connectivity index (χ0) is 19.3. The zero-order valence-corrected chi connectivity index (χ0v) is 16.9. The van der Waals surface area contributed by atoms with Crippen molar-refractivity contribution >= 4 is 38.4 Å². The molecule has 2 aliphatic rings. The standard InChI is InChI=1S/C18H25N3O4S2/c1-2-25-9-3-8-19-17(22)10-13-4-6-14(7-5-13)20-18-21-15-11-27(23,24)12-16(15)26-18/h4-7,15-16H,2-3,8-12H2,1H3,(H,19,22)(H,20,21)/t15-,16-/m0/s1. The Balaban J connectivity index is 1.43. The molecule has 2 atom stereocenters. The summed E-state index contributed by atoms with van der Waals surface area (Å²) in [5.41, 5.74) is 1.82. The minimum atomic E-state index is -2.93. The summed E-state index contributed by atoms with van der Waals surface area (Å²) in [6.45, 7) is 3.92. The fourth-order valence-electron chi connectivity index (χ4n) is 3.04. The average molecular weight is 412 g/mol. The second-order valence-electron chi connectivity index (χ2n) is 6.63.